The zero-order chi connectivity index (χ0) is 15.8. The Morgan fingerprint density at radius 1 is 0.826 bits per heavy atom. The Bertz CT molecular complexity index is 917. The molecule has 4 heteroatoms. The van der Waals surface area contributed by atoms with E-state index in [1.165, 1.54) is 11.3 Å². The van der Waals surface area contributed by atoms with Crippen molar-refractivity contribution in [1.29, 1.82) is 0 Å². The van der Waals surface area contributed by atoms with Gasteiger partial charge in [-0.25, -0.2) is 4.98 Å². The largest absolute Gasteiger partial charge is 0.288 e. The molecule has 0 fully saturated rings. The number of carbonyl (C=O) groups is 2. The van der Waals surface area contributed by atoms with Crippen LogP contribution in [0.5, 0.6) is 0 Å². The quantitative estimate of drug-likeness (QED) is 0.524. The van der Waals surface area contributed by atoms with Gasteiger partial charge in [-0.15, -0.1) is 11.3 Å². The van der Waals surface area contributed by atoms with Crippen LogP contribution in [0.25, 0.3) is 17.3 Å². The fourth-order valence-electron chi connectivity index (χ4n) is 2.62. The predicted molar refractivity (Wildman–Crippen MR) is 90.6 cm³/mol. The molecule has 23 heavy (non-hydrogen) atoms. The lowest BCUT2D eigenvalue weighted by Crippen LogP contribution is -2.00. The van der Waals surface area contributed by atoms with E-state index >= 15 is 0 Å². The van der Waals surface area contributed by atoms with Crippen molar-refractivity contribution in [2.45, 2.75) is 0 Å². The van der Waals surface area contributed by atoms with E-state index in [1.807, 2.05) is 35.7 Å². The summed E-state index contributed by atoms with van der Waals surface area (Å²) in [6.07, 6.45) is 1.60. The predicted octanol–water partition coefficient (Wildman–Crippen LogP) is 4.27. The summed E-state index contributed by atoms with van der Waals surface area (Å²) < 4.78 is 0. The van der Waals surface area contributed by atoms with Crippen molar-refractivity contribution < 1.29 is 9.59 Å². The molecule has 0 atom stereocenters. The third kappa shape index (κ3) is 2.33. The van der Waals surface area contributed by atoms with Crippen molar-refractivity contribution >= 4 is 29.0 Å². The summed E-state index contributed by atoms with van der Waals surface area (Å²) in [5.74, 6) is -0.441. The topological polar surface area (TPSA) is 47.0 Å². The van der Waals surface area contributed by atoms with Crippen molar-refractivity contribution in [2.75, 3.05) is 0 Å². The normalized spacial score (nSPS) is 13.3. The average Bonchev–Trinajstić information content (AvgIpc) is 3.16. The third-order valence-corrected chi connectivity index (χ3v) is 4.56. The van der Waals surface area contributed by atoms with Crippen LogP contribution < -0.4 is 0 Å². The van der Waals surface area contributed by atoms with Gasteiger partial charge in [0.05, 0.1) is 11.3 Å². The van der Waals surface area contributed by atoms with Gasteiger partial charge < -0.3 is 0 Å². The number of fused-ring (bicyclic) bond motifs is 1. The zero-order valence-electron chi connectivity index (χ0n) is 12.0. The highest BCUT2D eigenvalue weighted by molar-refractivity contribution is 7.10. The van der Waals surface area contributed by atoms with Crippen LogP contribution in [0, 0.1) is 0 Å². The molecule has 0 saturated carbocycles. The fraction of sp³-hybridized carbons (Fsp3) is 0. The van der Waals surface area contributed by atoms with Crippen LogP contribution in [0.4, 0.5) is 0 Å². The number of rotatable bonds is 2. The molecule has 0 radical (unpaired) electrons. The molecule has 0 saturated heterocycles. The highest BCUT2D eigenvalue weighted by Crippen LogP contribution is 2.29. The molecule has 3 aromatic rings. The minimum absolute atomic E-state index is 0.195. The standard InChI is InChI=1S/C19H11NO2S/c21-18-13-8-4-5-9-14(13)19(22)15(18)10-17-20-16(11-23-17)12-6-2-1-3-7-12/h1-11H. The van der Waals surface area contributed by atoms with E-state index in [1.54, 1.807) is 30.3 Å². The van der Waals surface area contributed by atoms with Crippen molar-refractivity contribution in [3.8, 4) is 11.3 Å². The van der Waals surface area contributed by atoms with Gasteiger partial charge in [0.2, 0.25) is 0 Å². The number of allylic oxidation sites excluding steroid dienone is 1. The Labute approximate surface area is 136 Å². The SMILES string of the molecule is O=C1C(=Cc2nc(-c3ccccc3)cs2)C(=O)c2ccccc21. The lowest BCUT2D eigenvalue weighted by atomic mass is 10.1. The summed E-state index contributed by atoms with van der Waals surface area (Å²) >= 11 is 1.42. The van der Waals surface area contributed by atoms with Crippen LogP contribution in [-0.2, 0) is 0 Å². The van der Waals surface area contributed by atoms with Gasteiger partial charge in [0.15, 0.2) is 11.6 Å². The summed E-state index contributed by atoms with van der Waals surface area (Å²) in [5, 5.41) is 2.59. The number of nitrogens with zero attached hydrogens (tertiary/aromatic N) is 1. The first-order chi connectivity index (χ1) is 11.2. The van der Waals surface area contributed by atoms with Crippen LogP contribution >= 0.6 is 11.3 Å². The second-order valence-corrected chi connectivity index (χ2v) is 6.09. The van der Waals surface area contributed by atoms with Crippen LogP contribution in [0.3, 0.4) is 0 Å². The molecule has 0 unspecified atom stereocenters. The minimum Gasteiger partial charge on any atom is -0.288 e. The van der Waals surface area contributed by atoms with Crippen LogP contribution in [-0.4, -0.2) is 16.6 Å². The Morgan fingerprint density at radius 2 is 1.43 bits per heavy atom. The smallest absolute Gasteiger partial charge is 0.197 e. The van der Waals surface area contributed by atoms with E-state index in [0.717, 1.165) is 11.3 Å². The number of carbonyl (C=O) groups excluding carboxylic acids is 2. The maximum absolute atomic E-state index is 12.4. The molecule has 2 aromatic carbocycles. The van der Waals surface area contributed by atoms with Gasteiger partial charge in [-0.05, 0) is 6.08 Å². The van der Waals surface area contributed by atoms with Crippen LogP contribution in [0.15, 0.2) is 65.6 Å². The highest BCUT2D eigenvalue weighted by atomic mass is 32.1. The highest BCUT2D eigenvalue weighted by Gasteiger charge is 2.32. The molecule has 1 aromatic heterocycles. The van der Waals surface area contributed by atoms with Gasteiger partial charge >= 0.3 is 0 Å². The molecular formula is C19H11NO2S. The first-order valence-corrected chi connectivity index (χ1v) is 8.03. The van der Waals surface area contributed by atoms with E-state index in [-0.39, 0.29) is 17.1 Å². The number of hydrogen-bond acceptors (Lipinski definition) is 4. The van der Waals surface area contributed by atoms with E-state index in [4.69, 9.17) is 0 Å². The summed E-state index contributed by atoms with van der Waals surface area (Å²) in [5.41, 5.74) is 3.01. The Morgan fingerprint density at radius 3 is 2.09 bits per heavy atom. The number of Topliss-reactive ketones (excluding diaryl/α,β-unsaturated/α-hetero) is 2. The third-order valence-electron chi connectivity index (χ3n) is 3.76. The van der Waals surface area contributed by atoms with Gasteiger partial charge in [0, 0.05) is 22.1 Å². The van der Waals surface area contributed by atoms with Crippen LogP contribution in [0.2, 0.25) is 0 Å². The molecular weight excluding hydrogens is 306 g/mol. The van der Waals surface area contributed by atoms with Gasteiger partial charge in [0.25, 0.3) is 0 Å². The van der Waals surface area contributed by atoms with Crippen LogP contribution in [0.1, 0.15) is 25.7 Å². The molecule has 1 heterocycles. The molecule has 0 amide bonds. The van der Waals surface area contributed by atoms with Gasteiger partial charge in [-0.2, -0.15) is 0 Å². The summed E-state index contributed by atoms with van der Waals surface area (Å²) in [4.78, 5) is 29.3. The van der Waals surface area contributed by atoms with E-state index in [0.29, 0.717) is 16.1 Å². The van der Waals surface area contributed by atoms with E-state index in [9.17, 15) is 9.59 Å². The molecule has 110 valence electrons. The maximum Gasteiger partial charge on any atom is 0.197 e. The first-order valence-electron chi connectivity index (χ1n) is 7.15. The van der Waals surface area contributed by atoms with Crippen molar-refractivity contribution in [3.63, 3.8) is 0 Å². The summed E-state index contributed by atoms with van der Waals surface area (Å²) in [6.45, 7) is 0. The molecule has 0 N–H and O–H groups in total. The average molecular weight is 317 g/mol. The second-order valence-electron chi connectivity index (χ2n) is 5.20. The molecule has 0 spiro atoms. The number of aromatic nitrogens is 1. The number of ketones is 2. The summed E-state index contributed by atoms with van der Waals surface area (Å²) in [7, 11) is 0. The number of thiazole rings is 1. The second kappa shape index (κ2) is 5.41. The molecule has 1 aliphatic carbocycles. The van der Waals surface area contributed by atoms with Gasteiger partial charge in [-0.1, -0.05) is 54.6 Å². The lowest BCUT2D eigenvalue weighted by Gasteiger charge is -1.94. The van der Waals surface area contributed by atoms with Crippen molar-refractivity contribution in [3.05, 3.63) is 81.7 Å². The summed E-state index contributed by atoms with van der Waals surface area (Å²) in [6, 6.07) is 16.7. The minimum atomic E-state index is -0.220. The maximum atomic E-state index is 12.4. The molecule has 0 aliphatic heterocycles. The van der Waals surface area contributed by atoms with E-state index < -0.39 is 0 Å². The molecule has 3 nitrogen and oxygen atoms in total. The monoisotopic (exact) mass is 317 g/mol. The Kier molecular flexibility index (Phi) is 3.24. The Balaban J connectivity index is 1.71. The van der Waals surface area contributed by atoms with Gasteiger partial charge in [-0.3, -0.25) is 9.59 Å². The van der Waals surface area contributed by atoms with Gasteiger partial charge in [0.1, 0.15) is 5.01 Å². The zero-order valence-corrected chi connectivity index (χ0v) is 12.8. The van der Waals surface area contributed by atoms with Crippen molar-refractivity contribution in [1.82, 2.24) is 4.98 Å². The molecule has 4 rings (SSSR count). The first kappa shape index (κ1) is 13.8. The van der Waals surface area contributed by atoms with E-state index in [2.05, 4.69) is 4.98 Å². The fourth-order valence-corrected chi connectivity index (χ4v) is 3.38. The van der Waals surface area contributed by atoms with Crippen molar-refractivity contribution in [2.24, 2.45) is 0 Å². The Hall–Kier alpha value is -2.85. The molecule has 1 aliphatic rings. The number of hydrogen-bond donors (Lipinski definition) is 0. The molecule has 0 bridgehead atoms. The number of benzene rings is 2. The lowest BCUT2D eigenvalue weighted by molar-refractivity contribution is 0.0990.